The zero-order chi connectivity index (χ0) is 43.2. The van der Waals surface area contributed by atoms with E-state index in [-0.39, 0.29) is 5.56 Å². The molecule has 0 spiro atoms. The van der Waals surface area contributed by atoms with Crippen LogP contribution in [0.2, 0.25) is 10.0 Å². The number of benzene rings is 3. The van der Waals surface area contributed by atoms with Crippen LogP contribution in [-0.2, 0) is 18.4 Å². The summed E-state index contributed by atoms with van der Waals surface area (Å²) in [5.41, 5.74) is 11.3. The molecule has 0 atom stereocenters. The minimum atomic E-state index is -0.933. The number of carboxylic acids is 1. The van der Waals surface area contributed by atoms with Crippen molar-refractivity contribution in [2.45, 2.75) is 99.5 Å². The predicted octanol–water partition coefficient (Wildman–Crippen LogP) is 12.1. The zero-order valence-corrected chi connectivity index (χ0v) is 37.7. The summed E-state index contributed by atoms with van der Waals surface area (Å²) in [5, 5.41) is 24.2. The number of anilines is 1. The second-order valence-electron chi connectivity index (χ2n) is 15.1. The highest BCUT2D eigenvalue weighted by Crippen LogP contribution is 2.44. The van der Waals surface area contributed by atoms with E-state index < -0.39 is 5.97 Å². The molecule has 5 aromatic rings. The molecule has 1 fully saturated rings. The molecular weight excluding hydrogens is 781 g/mol. The summed E-state index contributed by atoms with van der Waals surface area (Å²) in [7, 11) is 3.91. The van der Waals surface area contributed by atoms with E-state index in [1.807, 2.05) is 90.5 Å². The average molecular weight is 845 g/mol. The van der Waals surface area contributed by atoms with Crippen LogP contribution in [0.4, 0.5) is 5.69 Å². The number of nitrogens with zero attached hydrogens (tertiary/aromatic N) is 3. The number of aryl methyl sites for hydroxylation is 5. The van der Waals surface area contributed by atoms with Crippen molar-refractivity contribution in [1.82, 2.24) is 19.7 Å². The maximum Gasteiger partial charge on any atom is 0.335 e. The molecule has 9 nitrogen and oxygen atoms in total. The first kappa shape index (κ1) is 47.1. The van der Waals surface area contributed by atoms with Gasteiger partial charge in [0.2, 0.25) is 0 Å². The molecule has 2 aromatic heterocycles. The Hall–Kier alpha value is -4.57. The van der Waals surface area contributed by atoms with E-state index in [0.29, 0.717) is 24.6 Å². The number of aromatic carboxylic acids is 1. The summed E-state index contributed by atoms with van der Waals surface area (Å²) in [6.07, 6.45) is 13.6. The van der Waals surface area contributed by atoms with Crippen molar-refractivity contribution in [3.05, 3.63) is 97.9 Å². The van der Waals surface area contributed by atoms with E-state index in [1.165, 1.54) is 32.1 Å². The average Bonchev–Trinajstić information content (AvgIpc) is 3.71. The fourth-order valence-electron chi connectivity index (χ4n) is 8.19. The number of ether oxygens (including phenoxy) is 1. The van der Waals surface area contributed by atoms with E-state index in [1.54, 1.807) is 6.07 Å². The van der Waals surface area contributed by atoms with Gasteiger partial charge in [-0.1, -0.05) is 75.2 Å². The van der Waals surface area contributed by atoms with Crippen molar-refractivity contribution in [3.8, 4) is 16.9 Å². The number of aromatic nitrogens is 3. The smallest absolute Gasteiger partial charge is 0.335 e. The van der Waals surface area contributed by atoms with Gasteiger partial charge in [0.1, 0.15) is 12.5 Å². The molecule has 0 radical (unpaired) electrons. The van der Waals surface area contributed by atoms with Gasteiger partial charge in [-0.3, -0.25) is 4.68 Å². The minimum Gasteiger partial charge on any atom is -0.494 e. The lowest BCUT2D eigenvalue weighted by atomic mass is 9.87. The summed E-state index contributed by atoms with van der Waals surface area (Å²) in [6, 6.07) is 13.6. The monoisotopic (exact) mass is 843 g/mol. The van der Waals surface area contributed by atoms with Crippen molar-refractivity contribution < 1.29 is 19.4 Å². The van der Waals surface area contributed by atoms with Gasteiger partial charge in [-0.15, -0.1) is 0 Å². The van der Waals surface area contributed by atoms with Gasteiger partial charge in [0.15, 0.2) is 0 Å². The summed E-state index contributed by atoms with van der Waals surface area (Å²) >= 11 is 13.6. The third-order valence-electron chi connectivity index (χ3n) is 11.2. The van der Waals surface area contributed by atoms with Crippen LogP contribution in [0.15, 0.2) is 48.7 Å². The highest BCUT2D eigenvalue weighted by atomic mass is 35.5. The fraction of sp³-hybridized carbons (Fsp3) is 0.438. The Morgan fingerprint density at radius 2 is 1.68 bits per heavy atom. The zero-order valence-electron chi connectivity index (χ0n) is 36.2. The van der Waals surface area contributed by atoms with Crippen LogP contribution in [-0.4, -0.2) is 59.0 Å². The maximum absolute atomic E-state index is 12.2. The molecule has 2 heterocycles. The van der Waals surface area contributed by atoms with Crippen molar-refractivity contribution in [2.75, 3.05) is 32.1 Å². The number of allylic oxidation sites excluding steroid dienone is 1. The molecule has 0 aliphatic heterocycles. The standard InChI is InChI=1S/C45H55Cl2N5O3.C2H6.CH2O/c1-28-23-36(24-29(2)43(28)47)55-22-10-13-33(37-15-16-39(46)42(44(37)49-20-19-48-5)41-30(3)50-51(6)31(41)4)25-35-27-52(21-18-32-11-8-7-9-12-32)40-17-14-34(45(53)54)26-38(35)40;2*1-2/h14-17,23-27,32,48-49H,7-13,18-22H2,1-6H3,(H,53,54);1-2H3;1H2/b33-25+;;. The molecule has 0 saturated heterocycles. The molecule has 1 aliphatic rings. The van der Waals surface area contributed by atoms with E-state index in [9.17, 15) is 9.90 Å². The highest BCUT2D eigenvalue weighted by molar-refractivity contribution is 6.34. The topological polar surface area (TPSA) is 110 Å². The molecule has 0 amide bonds. The molecule has 59 heavy (non-hydrogen) atoms. The molecular formula is C48H63Cl2N5O4. The molecule has 3 aromatic carbocycles. The Kier molecular flexibility index (Phi) is 18.1. The van der Waals surface area contributed by atoms with Gasteiger partial charge in [0.05, 0.1) is 28.6 Å². The van der Waals surface area contributed by atoms with E-state index >= 15 is 0 Å². The minimum absolute atomic E-state index is 0.279. The van der Waals surface area contributed by atoms with Crippen LogP contribution >= 0.6 is 23.2 Å². The number of halogens is 2. The SMILES string of the molecule is C=O.CC.CNCCNc1c(/C(=C/c2cn(CCC3CCCCC3)c3ccc(C(=O)O)cc23)CCCOc2cc(C)c(Cl)c(C)c2)ccc(Cl)c1-c1c(C)nn(C)c1C. The lowest BCUT2D eigenvalue weighted by Gasteiger charge is -2.21. The molecule has 0 unspecified atom stereocenters. The second-order valence-corrected chi connectivity index (χ2v) is 15.9. The van der Waals surface area contributed by atoms with Crippen molar-refractivity contribution >= 4 is 64.2 Å². The first-order valence-corrected chi connectivity index (χ1v) is 21.7. The van der Waals surface area contributed by atoms with Gasteiger partial charge in [0, 0.05) is 76.8 Å². The van der Waals surface area contributed by atoms with Gasteiger partial charge < -0.3 is 29.8 Å². The van der Waals surface area contributed by atoms with Gasteiger partial charge in [-0.05, 0) is 119 Å². The summed E-state index contributed by atoms with van der Waals surface area (Å²) in [5.74, 6) is 0.598. The van der Waals surface area contributed by atoms with Crippen LogP contribution in [0.1, 0.15) is 109 Å². The number of rotatable bonds is 16. The second kappa shape index (κ2) is 22.7. The first-order valence-electron chi connectivity index (χ1n) is 20.9. The van der Waals surface area contributed by atoms with Gasteiger partial charge in [-0.2, -0.15) is 5.10 Å². The number of carbonyl (C=O) groups is 2. The Bertz CT molecular complexity index is 2190. The molecule has 0 bridgehead atoms. The lowest BCUT2D eigenvalue weighted by Crippen LogP contribution is -2.19. The molecule has 3 N–H and O–H groups in total. The largest absolute Gasteiger partial charge is 0.494 e. The van der Waals surface area contributed by atoms with E-state index in [4.69, 9.17) is 37.8 Å². The van der Waals surface area contributed by atoms with Gasteiger partial charge in [-0.25, -0.2) is 4.79 Å². The third-order valence-corrected chi connectivity index (χ3v) is 12.1. The number of hydrogen-bond donors (Lipinski definition) is 3. The van der Waals surface area contributed by atoms with Crippen LogP contribution in [0.3, 0.4) is 0 Å². The van der Waals surface area contributed by atoms with Crippen LogP contribution in [0.25, 0.3) is 33.7 Å². The summed E-state index contributed by atoms with van der Waals surface area (Å²) in [6.45, 7) is 16.9. The predicted molar refractivity (Wildman–Crippen MR) is 248 cm³/mol. The highest BCUT2D eigenvalue weighted by Gasteiger charge is 2.23. The number of carbonyl (C=O) groups excluding carboxylic acids is 1. The van der Waals surface area contributed by atoms with Crippen LogP contribution < -0.4 is 15.4 Å². The quantitative estimate of drug-likeness (QED) is 0.0848. The fourth-order valence-corrected chi connectivity index (χ4v) is 8.55. The van der Waals surface area contributed by atoms with Crippen molar-refractivity contribution in [1.29, 1.82) is 0 Å². The van der Waals surface area contributed by atoms with Crippen molar-refractivity contribution in [3.63, 3.8) is 0 Å². The van der Waals surface area contributed by atoms with E-state index in [0.717, 1.165) is 110 Å². The Morgan fingerprint density at radius 1 is 0.983 bits per heavy atom. The summed E-state index contributed by atoms with van der Waals surface area (Å²) < 4.78 is 10.5. The lowest BCUT2D eigenvalue weighted by molar-refractivity contribution is -0.0980. The van der Waals surface area contributed by atoms with Gasteiger partial charge in [0.25, 0.3) is 0 Å². The van der Waals surface area contributed by atoms with Crippen molar-refractivity contribution in [2.24, 2.45) is 13.0 Å². The number of hydrogen-bond acceptors (Lipinski definition) is 6. The van der Waals surface area contributed by atoms with Gasteiger partial charge >= 0.3 is 5.97 Å². The van der Waals surface area contributed by atoms with E-state index in [2.05, 4.69) is 40.5 Å². The molecule has 6 rings (SSSR count). The van der Waals surface area contributed by atoms with Crippen LogP contribution in [0, 0.1) is 33.6 Å². The third kappa shape index (κ3) is 11.6. The maximum atomic E-state index is 12.2. The molecule has 1 saturated carbocycles. The van der Waals surface area contributed by atoms with Crippen LogP contribution in [0.5, 0.6) is 5.75 Å². The molecule has 318 valence electrons. The number of fused-ring (bicyclic) bond motifs is 1. The Labute approximate surface area is 361 Å². The first-order chi connectivity index (χ1) is 28.5. The Balaban J connectivity index is 0.00000186. The normalized spacial score (nSPS) is 13.1. The molecule has 11 heteroatoms. The number of carboxylic acid groups (broad SMARTS) is 1. The Morgan fingerprint density at radius 3 is 2.31 bits per heavy atom. The number of likely N-dealkylation sites (N-methyl/N-ethyl adjacent to an activating group) is 1. The number of nitrogens with one attached hydrogen (secondary N) is 2. The summed E-state index contributed by atoms with van der Waals surface area (Å²) in [4.78, 5) is 20.2. The molecule has 1 aliphatic carbocycles.